The zero-order chi connectivity index (χ0) is 13.5. The van der Waals surface area contributed by atoms with E-state index in [0.29, 0.717) is 17.5 Å². The monoisotopic (exact) mass is 290 g/mol. The van der Waals surface area contributed by atoms with Crippen LogP contribution >= 0.6 is 11.6 Å². The highest BCUT2D eigenvalue weighted by Gasteiger charge is 2.33. The van der Waals surface area contributed by atoms with Crippen molar-refractivity contribution < 1.29 is 12.8 Å². The lowest BCUT2D eigenvalue weighted by atomic mass is 9.95. The molecule has 0 radical (unpaired) electrons. The van der Waals surface area contributed by atoms with Gasteiger partial charge in [-0.15, -0.1) is 11.6 Å². The predicted molar refractivity (Wildman–Crippen MR) is 71.2 cm³/mol. The molecule has 0 bridgehead atoms. The van der Waals surface area contributed by atoms with Crippen LogP contribution < -0.4 is 0 Å². The minimum atomic E-state index is -2.94. The van der Waals surface area contributed by atoms with Crippen LogP contribution in [0.15, 0.2) is 12.1 Å². The molecule has 1 aromatic carbocycles. The Kier molecular flexibility index (Phi) is 3.70. The van der Waals surface area contributed by atoms with Gasteiger partial charge in [-0.3, -0.25) is 0 Å². The van der Waals surface area contributed by atoms with Crippen molar-refractivity contribution in [3.8, 4) is 0 Å². The number of hydrogen-bond donors (Lipinski definition) is 0. The number of alkyl halides is 1. The molecule has 1 fully saturated rings. The zero-order valence-corrected chi connectivity index (χ0v) is 12.0. The first-order valence-electron chi connectivity index (χ1n) is 5.91. The van der Waals surface area contributed by atoms with E-state index in [4.69, 9.17) is 11.6 Å². The van der Waals surface area contributed by atoms with Gasteiger partial charge in [-0.1, -0.05) is 12.1 Å². The summed E-state index contributed by atoms with van der Waals surface area (Å²) < 4.78 is 36.4. The maximum Gasteiger partial charge on any atom is 0.150 e. The highest BCUT2D eigenvalue weighted by atomic mass is 35.5. The van der Waals surface area contributed by atoms with E-state index >= 15 is 0 Å². The second-order valence-electron chi connectivity index (χ2n) is 5.03. The lowest BCUT2D eigenvalue weighted by Gasteiger charge is -2.17. The Morgan fingerprint density at radius 2 is 1.89 bits per heavy atom. The Bertz CT molecular complexity index is 545. The molecule has 1 aliphatic rings. The quantitative estimate of drug-likeness (QED) is 0.784. The maximum atomic E-state index is 13.5. The average molecular weight is 291 g/mol. The number of benzene rings is 1. The fraction of sp³-hybridized carbons (Fsp3) is 0.538. The van der Waals surface area contributed by atoms with Crippen molar-refractivity contribution in [2.75, 3.05) is 11.5 Å². The average Bonchev–Trinajstić information content (AvgIpc) is 2.65. The van der Waals surface area contributed by atoms with Crippen molar-refractivity contribution in [3.05, 3.63) is 34.6 Å². The van der Waals surface area contributed by atoms with Crippen molar-refractivity contribution in [3.63, 3.8) is 0 Å². The fourth-order valence-electron chi connectivity index (χ4n) is 2.47. The first-order valence-corrected chi connectivity index (χ1v) is 8.17. The van der Waals surface area contributed by atoms with E-state index in [1.54, 1.807) is 26.0 Å². The first-order chi connectivity index (χ1) is 8.30. The Hall–Kier alpha value is -0.610. The van der Waals surface area contributed by atoms with Crippen LogP contribution in [-0.4, -0.2) is 19.9 Å². The zero-order valence-electron chi connectivity index (χ0n) is 10.4. The van der Waals surface area contributed by atoms with Crippen molar-refractivity contribution in [2.45, 2.75) is 25.6 Å². The van der Waals surface area contributed by atoms with Gasteiger partial charge in [0.25, 0.3) is 0 Å². The molecule has 0 saturated carbocycles. The summed E-state index contributed by atoms with van der Waals surface area (Å²) in [6.07, 6.45) is 0.589. The Labute approximate surface area is 112 Å². The van der Waals surface area contributed by atoms with Crippen LogP contribution in [0, 0.1) is 25.6 Å². The smallest absolute Gasteiger partial charge is 0.150 e. The highest BCUT2D eigenvalue weighted by molar-refractivity contribution is 7.91. The summed E-state index contributed by atoms with van der Waals surface area (Å²) in [5.74, 6) is 0.0547. The van der Waals surface area contributed by atoms with E-state index in [0.717, 1.165) is 5.56 Å². The van der Waals surface area contributed by atoms with Crippen molar-refractivity contribution >= 4 is 21.4 Å². The molecule has 100 valence electrons. The summed E-state index contributed by atoms with van der Waals surface area (Å²) >= 11 is 6.35. The van der Waals surface area contributed by atoms with Gasteiger partial charge in [0.15, 0.2) is 9.84 Å². The highest BCUT2D eigenvalue weighted by Crippen LogP contribution is 2.37. The largest absolute Gasteiger partial charge is 0.229 e. The summed E-state index contributed by atoms with van der Waals surface area (Å²) in [7, 11) is -2.94. The van der Waals surface area contributed by atoms with E-state index in [-0.39, 0.29) is 28.6 Å². The molecule has 1 aromatic rings. The molecule has 5 heteroatoms. The second kappa shape index (κ2) is 4.82. The summed E-state index contributed by atoms with van der Waals surface area (Å²) in [6.45, 7) is 3.39. The number of sulfone groups is 1. The molecular formula is C13H16ClFO2S. The molecule has 18 heavy (non-hydrogen) atoms. The molecule has 1 aliphatic heterocycles. The normalized spacial score (nSPS) is 24.1. The molecule has 2 unspecified atom stereocenters. The number of aryl methyl sites for hydroxylation is 2. The van der Waals surface area contributed by atoms with Gasteiger partial charge >= 0.3 is 0 Å². The molecule has 0 aromatic heterocycles. The number of rotatable bonds is 2. The molecular weight excluding hydrogens is 275 g/mol. The molecule has 2 rings (SSSR count). The fourth-order valence-corrected chi connectivity index (χ4v) is 4.75. The van der Waals surface area contributed by atoms with Gasteiger partial charge in [0.05, 0.1) is 16.9 Å². The third kappa shape index (κ3) is 2.69. The van der Waals surface area contributed by atoms with E-state index in [1.165, 1.54) is 0 Å². The molecule has 1 saturated heterocycles. The van der Waals surface area contributed by atoms with Crippen LogP contribution in [-0.2, 0) is 9.84 Å². The standard InChI is InChI=1S/C13H16ClFO2S/c1-8-5-11(6-9(2)13(8)15)12(14)10-3-4-18(16,17)7-10/h5-6,10,12H,3-4,7H2,1-2H3. The van der Waals surface area contributed by atoms with Crippen LogP contribution in [0.2, 0.25) is 0 Å². The van der Waals surface area contributed by atoms with Gasteiger partial charge < -0.3 is 0 Å². The van der Waals surface area contributed by atoms with Gasteiger partial charge in [-0.25, -0.2) is 12.8 Å². The summed E-state index contributed by atoms with van der Waals surface area (Å²) in [5, 5.41) is -0.361. The van der Waals surface area contributed by atoms with Gasteiger partial charge in [-0.05, 0) is 42.9 Å². The van der Waals surface area contributed by atoms with E-state index in [9.17, 15) is 12.8 Å². The molecule has 0 aliphatic carbocycles. The van der Waals surface area contributed by atoms with Crippen molar-refractivity contribution in [1.29, 1.82) is 0 Å². The molecule has 0 amide bonds. The summed E-state index contributed by atoms with van der Waals surface area (Å²) in [6, 6.07) is 3.43. The third-order valence-electron chi connectivity index (χ3n) is 3.46. The number of hydrogen-bond acceptors (Lipinski definition) is 2. The van der Waals surface area contributed by atoms with E-state index in [2.05, 4.69) is 0 Å². The lowest BCUT2D eigenvalue weighted by Crippen LogP contribution is -2.11. The first kappa shape index (κ1) is 13.8. The van der Waals surface area contributed by atoms with Crippen molar-refractivity contribution in [2.24, 2.45) is 5.92 Å². The van der Waals surface area contributed by atoms with Gasteiger partial charge in [0.2, 0.25) is 0 Å². The Morgan fingerprint density at radius 1 is 1.33 bits per heavy atom. The molecule has 1 heterocycles. The minimum Gasteiger partial charge on any atom is -0.229 e. The van der Waals surface area contributed by atoms with E-state index < -0.39 is 9.84 Å². The summed E-state index contributed by atoms with van der Waals surface area (Å²) in [5.41, 5.74) is 1.92. The second-order valence-corrected chi connectivity index (χ2v) is 7.73. The topological polar surface area (TPSA) is 34.1 Å². The lowest BCUT2D eigenvalue weighted by molar-refractivity contribution is 0.564. The van der Waals surface area contributed by atoms with Crippen LogP contribution in [0.3, 0.4) is 0 Å². The van der Waals surface area contributed by atoms with Crippen LogP contribution in [0.5, 0.6) is 0 Å². The minimum absolute atomic E-state index is 0.0686. The molecule has 2 nitrogen and oxygen atoms in total. The maximum absolute atomic E-state index is 13.5. The molecule has 0 spiro atoms. The van der Waals surface area contributed by atoms with Gasteiger partial charge in [-0.2, -0.15) is 0 Å². The molecule has 2 atom stereocenters. The third-order valence-corrected chi connectivity index (χ3v) is 5.86. The van der Waals surface area contributed by atoms with Crippen LogP contribution in [0.4, 0.5) is 4.39 Å². The Morgan fingerprint density at radius 3 is 2.33 bits per heavy atom. The van der Waals surface area contributed by atoms with Crippen LogP contribution in [0.1, 0.15) is 28.5 Å². The predicted octanol–water partition coefficient (Wildman–Crippen LogP) is 3.16. The van der Waals surface area contributed by atoms with Crippen LogP contribution in [0.25, 0.3) is 0 Å². The number of halogens is 2. The molecule has 0 N–H and O–H groups in total. The SMILES string of the molecule is Cc1cc(C(Cl)C2CCS(=O)(=O)C2)cc(C)c1F. The van der Waals surface area contributed by atoms with Gasteiger partial charge in [0, 0.05) is 0 Å². The summed E-state index contributed by atoms with van der Waals surface area (Å²) in [4.78, 5) is 0. The Balaban J connectivity index is 2.27. The van der Waals surface area contributed by atoms with Gasteiger partial charge in [0.1, 0.15) is 5.82 Å². The van der Waals surface area contributed by atoms with E-state index in [1.807, 2.05) is 0 Å². The van der Waals surface area contributed by atoms with Crippen molar-refractivity contribution in [1.82, 2.24) is 0 Å².